The molecule has 2 rings (SSSR count). The summed E-state index contributed by atoms with van der Waals surface area (Å²) >= 11 is 0. The SMILES string of the molecule is Cc1ccc(NCCC(=O)N/N=C/c2ccccc2)cc1. The number of nitrogens with zero attached hydrogens (tertiary/aromatic N) is 1. The van der Waals surface area contributed by atoms with E-state index in [0.717, 1.165) is 11.3 Å². The van der Waals surface area contributed by atoms with Crippen LogP contribution in [0.25, 0.3) is 0 Å². The molecule has 0 aromatic heterocycles. The van der Waals surface area contributed by atoms with Gasteiger partial charge >= 0.3 is 0 Å². The molecule has 0 atom stereocenters. The second-order valence-corrected chi connectivity index (χ2v) is 4.75. The number of amides is 1. The van der Waals surface area contributed by atoms with Gasteiger partial charge in [-0.05, 0) is 24.6 Å². The Hall–Kier alpha value is -2.62. The van der Waals surface area contributed by atoms with Crippen LogP contribution in [0.5, 0.6) is 0 Å². The maximum Gasteiger partial charge on any atom is 0.241 e. The molecule has 2 aromatic carbocycles. The van der Waals surface area contributed by atoms with E-state index in [1.807, 2.05) is 61.5 Å². The minimum atomic E-state index is -0.109. The van der Waals surface area contributed by atoms with Crippen molar-refractivity contribution in [1.29, 1.82) is 0 Å². The van der Waals surface area contributed by atoms with Gasteiger partial charge in [-0.3, -0.25) is 4.79 Å². The molecule has 0 radical (unpaired) electrons. The first-order valence-electron chi connectivity index (χ1n) is 6.91. The topological polar surface area (TPSA) is 53.5 Å². The van der Waals surface area contributed by atoms with Crippen LogP contribution in [0, 0.1) is 6.92 Å². The fraction of sp³-hybridized carbons (Fsp3) is 0.176. The number of carbonyl (C=O) groups excluding carboxylic acids is 1. The number of hydrogen-bond acceptors (Lipinski definition) is 3. The maximum absolute atomic E-state index is 11.6. The lowest BCUT2D eigenvalue weighted by Crippen LogP contribution is -2.20. The van der Waals surface area contributed by atoms with Crippen molar-refractivity contribution >= 4 is 17.8 Å². The van der Waals surface area contributed by atoms with E-state index in [0.29, 0.717) is 13.0 Å². The molecule has 0 aliphatic rings. The van der Waals surface area contributed by atoms with E-state index in [-0.39, 0.29) is 5.91 Å². The first-order valence-corrected chi connectivity index (χ1v) is 6.91. The summed E-state index contributed by atoms with van der Waals surface area (Å²) in [6.07, 6.45) is 2.01. The van der Waals surface area contributed by atoms with Crippen LogP contribution in [-0.2, 0) is 4.79 Å². The molecule has 0 bridgehead atoms. The third kappa shape index (κ3) is 5.48. The lowest BCUT2D eigenvalue weighted by atomic mass is 10.2. The third-order valence-electron chi connectivity index (χ3n) is 2.94. The van der Waals surface area contributed by atoms with Crippen LogP contribution in [0.2, 0.25) is 0 Å². The van der Waals surface area contributed by atoms with Crippen LogP contribution < -0.4 is 10.7 Å². The summed E-state index contributed by atoms with van der Waals surface area (Å²) < 4.78 is 0. The zero-order valence-corrected chi connectivity index (χ0v) is 12.0. The summed E-state index contributed by atoms with van der Waals surface area (Å²) in [6.45, 7) is 2.62. The largest absolute Gasteiger partial charge is 0.385 e. The lowest BCUT2D eigenvalue weighted by molar-refractivity contribution is -0.120. The van der Waals surface area contributed by atoms with E-state index in [2.05, 4.69) is 15.8 Å². The highest BCUT2D eigenvalue weighted by molar-refractivity contribution is 5.82. The van der Waals surface area contributed by atoms with E-state index in [1.165, 1.54) is 5.56 Å². The smallest absolute Gasteiger partial charge is 0.241 e. The van der Waals surface area contributed by atoms with Gasteiger partial charge in [-0.15, -0.1) is 0 Å². The van der Waals surface area contributed by atoms with Gasteiger partial charge < -0.3 is 5.32 Å². The van der Waals surface area contributed by atoms with Gasteiger partial charge in [0.1, 0.15) is 0 Å². The third-order valence-corrected chi connectivity index (χ3v) is 2.94. The van der Waals surface area contributed by atoms with Crippen molar-refractivity contribution in [2.45, 2.75) is 13.3 Å². The van der Waals surface area contributed by atoms with E-state index < -0.39 is 0 Å². The Bertz CT molecular complexity index is 591. The van der Waals surface area contributed by atoms with Gasteiger partial charge in [-0.2, -0.15) is 5.10 Å². The highest BCUT2D eigenvalue weighted by Crippen LogP contribution is 2.08. The summed E-state index contributed by atoms with van der Waals surface area (Å²) in [6, 6.07) is 17.7. The standard InChI is InChI=1S/C17H19N3O/c1-14-7-9-16(10-8-14)18-12-11-17(21)20-19-13-15-5-3-2-4-6-15/h2-10,13,18H,11-12H2,1H3,(H,20,21)/b19-13+. The number of rotatable bonds is 6. The number of anilines is 1. The highest BCUT2D eigenvalue weighted by Gasteiger charge is 1.99. The molecule has 1 amide bonds. The molecule has 0 saturated heterocycles. The average Bonchev–Trinajstić information content (AvgIpc) is 2.50. The number of benzene rings is 2. The van der Waals surface area contributed by atoms with E-state index >= 15 is 0 Å². The predicted octanol–water partition coefficient (Wildman–Crippen LogP) is 2.95. The molecule has 0 heterocycles. The Morgan fingerprint density at radius 3 is 2.52 bits per heavy atom. The van der Waals surface area contributed by atoms with Gasteiger partial charge in [0.15, 0.2) is 0 Å². The number of hydrazone groups is 1. The fourth-order valence-corrected chi connectivity index (χ4v) is 1.77. The first kappa shape index (κ1) is 14.8. The Morgan fingerprint density at radius 2 is 1.81 bits per heavy atom. The van der Waals surface area contributed by atoms with E-state index in [4.69, 9.17) is 0 Å². The van der Waals surface area contributed by atoms with Gasteiger partial charge in [-0.1, -0.05) is 48.0 Å². The molecule has 0 aliphatic carbocycles. The highest BCUT2D eigenvalue weighted by atomic mass is 16.2. The van der Waals surface area contributed by atoms with Crippen molar-refractivity contribution in [1.82, 2.24) is 5.43 Å². The lowest BCUT2D eigenvalue weighted by Gasteiger charge is -2.05. The van der Waals surface area contributed by atoms with Crippen LogP contribution in [0.4, 0.5) is 5.69 Å². The minimum Gasteiger partial charge on any atom is -0.385 e. The van der Waals surface area contributed by atoms with Crippen LogP contribution in [0.1, 0.15) is 17.5 Å². The Morgan fingerprint density at radius 1 is 1.10 bits per heavy atom. The van der Waals surface area contributed by atoms with Crippen LogP contribution >= 0.6 is 0 Å². The van der Waals surface area contributed by atoms with Crippen molar-refractivity contribution < 1.29 is 4.79 Å². The molecule has 0 spiro atoms. The molecule has 2 aromatic rings. The van der Waals surface area contributed by atoms with E-state index in [9.17, 15) is 4.79 Å². The fourth-order valence-electron chi connectivity index (χ4n) is 1.77. The van der Waals surface area contributed by atoms with Crippen molar-refractivity contribution in [3.05, 3.63) is 65.7 Å². The normalized spacial score (nSPS) is 10.5. The number of nitrogens with one attached hydrogen (secondary N) is 2. The molecule has 21 heavy (non-hydrogen) atoms. The second-order valence-electron chi connectivity index (χ2n) is 4.75. The molecule has 0 aliphatic heterocycles. The Balaban J connectivity index is 1.68. The Kier molecular flexibility index (Phi) is 5.52. The van der Waals surface area contributed by atoms with Gasteiger partial charge in [0.05, 0.1) is 6.21 Å². The van der Waals surface area contributed by atoms with Gasteiger partial charge in [0.25, 0.3) is 0 Å². The molecule has 108 valence electrons. The van der Waals surface area contributed by atoms with E-state index in [1.54, 1.807) is 6.21 Å². The molecule has 2 N–H and O–H groups in total. The van der Waals surface area contributed by atoms with Crippen molar-refractivity contribution in [3.63, 3.8) is 0 Å². The predicted molar refractivity (Wildman–Crippen MR) is 86.5 cm³/mol. The molecule has 0 unspecified atom stereocenters. The zero-order chi connectivity index (χ0) is 14.9. The summed E-state index contributed by atoms with van der Waals surface area (Å²) in [5.74, 6) is -0.109. The van der Waals surface area contributed by atoms with Crippen LogP contribution in [-0.4, -0.2) is 18.7 Å². The van der Waals surface area contributed by atoms with Crippen LogP contribution in [0.3, 0.4) is 0 Å². The summed E-state index contributed by atoms with van der Waals surface area (Å²) in [5.41, 5.74) is 5.70. The number of carbonyl (C=O) groups is 1. The minimum absolute atomic E-state index is 0.109. The van der Waals surface area contributed by atoms with Crippen LogP contribution in [0.15, 0.2) is 59.7 Å². The first-order chi connectivity index (χ1) is 10.2. The molecule has 0 saturated carbocycles. The van der Waals surface area contributed by atoms with Crippen molar-refractivity contribution in [2.75, 3.05) is 11.9 Å². The molecule has 0 fully saturated rings. The monoisotopic (exact) mass is 281 g/mol. The Labute approximate surface area is 124 Å². The van der Waals surface area contributed by atoms with Crippen molar-refractivity contribution in [2.24, 2.45) is 5.10 Å². The van der Waals surface area contributed by atoms with Gasteiger partial charge in [0, 0.05) is 18.7 Å². The summed E-state index contributed by atoms with van der Waals surface area (Å²) in [7, 11) is 0. The quantitative estimate of drug-likeness (QED) is 0.632. The average molecular weight is 281 g/mol. The van der Waals surface area contributed by atoms with Gasteiger partial charge in [-0.25, -0.2) is 5.43 Å². The summed E-state index contributed by atoms with van der Waals surface area (Å²) in [5, 5.41) is 7.12. The summed E-state index contributed by atoms with van der Waals surface area (Å²) in [4.78, 5) is 11.6. The molecule has 4 nitrogen and oxygen atoms in total. The zero-order valence-electron chi connectivity index (χ0n) is 12.0. The molecule has 4 heteroatoms. The molecular weight excluding hydrogens is 262 g/mol. The molecular formula is C17H19N3O. The number of hydrogen-bond donors (Lipinski definition) is 2. The van der Waals surface area contributed by atoms with Gasteiger partial charge in [0.2, 0.25) is 5.91 Å². The second kappa shape index (κ2) is 7.85. The number of aryl methyl sites for hydroxylation is 1. The maximum atomic E-state index is 11.6. The van der Waals surface area contributed by atoms with Crippen molar-refractivity contribution in [3.8, 4) is 0 Å².